The van der Waals surface area contributed by atoms with Crippen LogP contribution in [0.4, 0.5) is 42.4 Å². The number of fused-ring (bicyclic) bond motifs is 1. The number of anilines is 2. The van der Waals surface area contributed by atoms with Gasteiger partial charge in [-0.3, -0.25) is 0 Å². The summed E-state index contributed by atoms with van der Waals surface area (Å²) >= 11 is 0. The molecule has 3 aromatic rings. The second-order valence-electron chi connectivity index (χ2n) is 11.2. The molecule has 0 radical (unpaired) electrons. The van der Waals surface area contributed by atoms with Crippen molar-refractivity contribution in [3.63, 3.8) is 0 Å². The van der Waals surface area contributed by atoms with Gasteiger partial charge in [0.25, 0.3) is 5.95 Å². The minimum Gasteiger partial charge on any atom is -0.351 e. The standard InChI is InChI=1S/C27H31F7N6O2/c1-15-9-19-21(7-6-8-39(24(41)42-25(2,3)4)22(19)13-20(15)27(32,33)34)40(23-35-37-38(5)36-23)14-16-10-17(26(29,30)31)12-18(28)11-16/h9-13,21,24,41H,6-8,14H2,1-5H3/t21-,24?/m0/s1. The summed E-state index contributed by atoms with van der Waals surface area (Å²) in [6.45, 7) is 6.13. The van der Waals surface area contributed by atoms with E-state index in [-0.39, 0.29) is 42.3 Å². The van der Waals surface area contributed by atoms with Gasteiger partial charge in [0, 0.05) is 18.8 Å². The Morgan fingerprint density at radius 2 is 1.74 bits per heavy atom. The van der Waals surface area contributed by atoms with Crippen molar-refractivity contribution in [1.82, 2.24) is 20.2 Å². The Balaban J connectivity index is 1.89. The second kappa shape index (κ2) is 11.3. The van der Waals surface area contributed by atoms with Crippen LogP contribution in [0.3, 0.4) is 0 Å². The number of aryl methyl sites for hydroxylation is 2. The average molecular weight is 605 g/mol. The molecule has 0 aliphatic carbocycles. The zero-order chi connectivity index (χ0) is 31.2. The van der Waals surface area contributed by atoms with Crippen LogP contribution < -0.4 is 9.80 Å². The van der Waals surface area contributed by atoms with Crippen LogP contribution >= 0.6 is 0 Å². The summed E-state index contributed by atoms with van der Waals surface area (Å²) in [5.74, 6) is -1.13. The Kier molecular flexibility index (Phi) is 8.48. The maximum absolute atomic E-state index is 14.3. The molecule has 1 aliphatic heterocycles. The summed E-state index contributed by atoms with van der Waals surface area (Å²) in [6.07, 6.45) is -10.5. The molecule has 2 atom stereocenters. The van der Waals surface area contributed by atoms with Crippen LogP contribution in [0.25, 0.3) is 0 Å². The number of aromatic nitrogens is 4. The van der Waals surface area contributed by atoms with E-state index in [2.05, 4.69) is 15.4 Å². The van der Waals surface area contributed by atoms with E-state index in [9.17, 15) is 35.8 Å². The molecule has 0 fully saturated rings. The summed E-state index contributed by atoms with van der Waals surface area (Å²) in [7, 11) is 1.47. The third kappa shape index (κ3) is 7.12. The fraction of sp³-hybridized carbons (Fsp3) is 0.519. The predicted molar refractivity (Wildman–Crippen MR) is 139 cm³/mol. The van der Waals surface area contributed by atoms with Gasteiger partial charge in [0.05, 0.1) is 29.8 Å². The van der Waals surface area contributed by atoms with Crippen LogP contribution in [0.15, 0.2) is 30.3 Å². The molecule has 0 amide bonds. The van der Waals surface area contributed by atoms with Gasteiger partial charge < -0.3 is 19.6 Å². The van der Waals surface area contributed by atoms with Gasteiger partial charge in [0.1, 0.15) is 5.82 Å². The highest BCUT2D eigenvalue weighted by atomic mass is 19.4. The van der Waals surface area contributed by atoms with E-state index in [1.807, 2.05) is 0 Å². The van der Waals surface area contributed by atoms with E-state index in [0.717, 1.165) is 23.0 Å². The molecular formula is C27H31F7N6O2. The van der Waals surface area contributed by atoms with Crippen molar-refractivity contribution in [2.24, 2.45) is 7.05 Å². The Morgan fingerprint density at radius 1 is 1.05 bits per heavy atom. The van der Waals surface area contributed by atoms with Crippen molar-refractivity contribution in [3.05, 3.63) is 64.0 Å². The molecule has 8 nitrogen and oxygen atoms in total. The summed E-state index contributed by atoms with van der Waals surface area (Å²) in [5.41, 5.74) is -2.75. The molecule has 42 heavy (non-hydrogen) atoms. The first-order valence-electron chi connectivity index (χ1n) is 13.0. The van der Waals surface area contributed by atoms with E-state index < -0.39 is 47.4 Å². The van der Waals surface area contributed by atoms with Crippen molar-refractivity contribution < 1.29 is 40.6 Å². The number of halogens is 7. The number of hydrogen-bond donors (Lipinski definition) is 1. The van der Waals surface area contributed by atoms with Crippen LogP contribution in [0.1, 0.15) is 67.5 Å². The van der Waals surface area contributed by atoms with Gasteiger partial charge in [0.15, 0.2) is 0 Å². The van der Waals surface area contributed by atoms with Crippen molar-refractivity contribution in [3.8, 4) is 0 Å². The number of aliphatic hydroxyl groups is 1. The lowest BCUT2D eigenvalue weighted by Crippen LogP contribution is -2.42. The lowest BCUT2D eigenvalue weighted by atomic mass is 9.94. The largest absolute Gasteiger partial charge is 0.416 e. The quantitative estimate of drug-likeness (QED) is 0.268. The van der Waals surface area contributed by atoms with Gasteiger partial charge >= 0.3 is 12.4 Å². The molecule has 1 N–H and O–H groups in total. The van der Waals surface area contributed by atoms with Crippen molar-refractivity contribution in [2.75, 3.05) is 16.3 Å². The van der Waals surface area contributed by atoms with E-state index >= 15 is 0 Å². The number of tetrazole rings is 1. The molecule has 1 aromatic heterocycles. The molecule has 0 saturated heterocycles. The summed E-state index contributed by atoms with van der Waals surface area (Å²) in [5, 5.41) is 23.0. The highest BCUT2D eigenvalue weighted by Crippen LogP contribution is 2.44. The third-order valence-corrected chi connectivity index (χ3v) is 6.72. The Bertz CT molecular complexity index is 1420. The minimum absolute atomic E-state index is 0.0243. The zero-order valence-corrected chi connectivity index (χ0v) is 23.6. The smallest absolute Gasteiger partial charge is 0.351 e. The van der Waals surface area contributed by atoms with Crippen LogP contribution in [0, 0.1) is 12.7 Å². The van der Waals surface area contributed by atoms with Crippen LogP contribution in [-0.4, -0.2) is 43.9 Å². The summed E-state index contributed by atoms with van der Waals surface area (Å²) < 4.78 is 103. The second-order valence-corrected chi connectivity index (χ2v) is 11.2. The van der Waals surface area contributed by atoms with Crippen molar-refractivity contribution in [2.45, 2.75) is 77.5 Å². The summed E-state index contributed by atoms with van der Waals surface area (Å²) in [4.78, 5) is 3.92. The van der Waals surface area contributed by atoms with Gasteiger partial charge in [-0.15, -0.1) is 5.10 Å². The first-order chi connectivity index (χ1) is 19.3. The van der Waals surface area contributed by atoms with E-state index in [1.54, 1.807) is 20.8 Å². The van der Waals surface area contributed by atoms with Gasteiger partial charge in [-0.05, 0) is 86.7 Å². The monoisotopic (exact) mass is 604 g/mol. The van der Waals surface area contributed by atoms with Gasteiger partial charge in [0.2, 0.25) is 6.41 Å². The van der Waals surface area contributed by atoms with Crippen LogP contribution in [0.5, 0.6) is 0 Å². The molecule has 0 spiro atoms. The first kappa shape index (κ1) is 31.5. The fourth-order valence-electron chi connectivity index (χ4n) is 5.02. The molecule has 2 aromatic carbocycles. The summed E-state index contributed by atoms with van der Waals surface area (Å²) in [6, 6.07) is 3.60. The number of hydrogen-bond acceptors (Lipinski definition) is 7. The number of alkyl halides is 6. The molecule has 2 heterocycles. The Labute approximate surface area is 237 Å². The van der Waals surface area contributed by atoms with E-state index in [0.29, 0.717) is 18.1 Å². The molecular weight excluding hydrogens is 573 g/mol. The average Bonchev–Trinajstić information content (AvgIpc) is 3.17. The normalized spacial score (nSPS) is 17.2. The number of ether oxygens (including phenoxy) is 1. The zero-order valence-electron chi connectivity index (χ0n) is 23.6. The molecule has 1 aliphatic rings. The molecule has 0 saturated carbocycles. The highest BCUT2D eigenvalue weighted by molar-refractivity contribution is 5.62. The van der Waals surface area contributed by atoms with E-state index in [4.69, 9.17) is 4.74 Å². The first-order valence-corrected chi connectivity index (χ1v) is 13.0. The lowest BCUT2D eigenvalue weighted by Gasteiger charge is -2.36. The Morgan fingerprint density at radius 3 is 2.31 bits per heavy atom. The van der Waals surface area contributed by atoms with Gasteiger partial charge in [-0.2, -0.15) is 31.1 Å². The predicted octanol–water partition coefficient (Wildman–Crippen LogP) is 6.13. The molecule has 1 unspecified atom stereocenters. The van der Waals surface area contributed by atoms with E-state index in [1.165, 1.54) is 29.8 Å². The highest BCUT2D eigenvalue weighted by Gasteiger charge is 2.39. The van der Waals surface area contributed by atoms with Crippen molar-refractivity contribution >= 4 is 11.6 Å². The number of aliphatic hydroxyl groups excluding tert-OH is 1. The van der Waals surface area contributed by atoms with Crippen molar-refractivity contribution in [1.29, 1.82) is 0 Å². The lowest BCUT2D eigenvalue weighted by molar-refractivity contribution is -0.165. The molecule has 230 valence electrons. The van der Waals surface area contributed by atoms with Crippen LogP contribution in [-0.2, 0) is 30.7 Å². The number of rotatable bonds is 6. The fourth-order valence-corrected chi connectivity index (χ4v) is 5.02. The number of benzene rings is 2. The molecule has 4 rings (SSSR count). The molecule has 15 heteroatoms. The maximum Gasteiger partial charge on any atom is 0.416 e. The SMILES string of the molecule is Cc1cc2c(cc1C(F)(F)F)N(C(O)OC(C)(C)C)CCC[C@@H]2N(Cc1cc(F)cc(C(F)(F)F)c1)c1nnn(C)n1. The van der Waals surface area contributed by atoms with Gasteiger partial charge in [-0.1, -0.05) is 11.2 Å². The minimum atomic E-state index is -4.81. The molecule has 0 bridgehead atoms. The number of nitrogens with zero attached hydrogens (tertiary/aromatic N) is 6. The van der Waals surface area contributed by atoms with Gasteiger partial charge in [-0.25, -0.2) is 4.39 Å². The third-order valence-electron chi connectivity index (χ3n) is 6.72. The van der Waals surface area contributed by atoms with Crippen LogP contribution in [0.2, 0.25) is 0 Å². The topological polar surface area (TPSA) is 79.5 Å². The Hall–Kier alpha value is -3.46. The maximum atomic E-state index is 14.3.